The Morgan fingerprint density at radius 1 is 0.195 bits per heavy atom. The number of anilines is 6. The molecule has 2 aromatic heterocycles. The van der Waals surface area contributed by atoms with E-state index in [9.17, 15) is 0 Å². The number of furan rings is 2. The van der Waals surface area contributed by atoms with E-state index in [1.165, 1.54) is 111 Å². The topological polar surface area (TPSA) is 32.8 Å². The predicted molar refractivity (Wildman–Crippen MR) is 492 cm³/mol. The van der Waals surface area contributed by atoms with E-state index >= 15 is 0 Å². The molecule has 2 aliphatic rings. The molecule has 22 aromatic rings. The van der Waals surface area contributed by atoms with Gasteiger partial charge in [0.15, 0.2) is 0 Å². The van der Waals surface area contributed by atoms with Crippen molar-refractivity contribution < 1.29 is 8.83 Å². The predicted octanol–water partition coefficient (Wildman–Crippen LogP) is 30.8. The molecule has 0 aliphatic heterocycles. The maximum Gasteiger partial charge on any atom is 0.143 e. The third-order valence-corrected chi connectivity index (χ3v) is 25.0. The van der Waals surface area contributed by atoms with Crippen LogP contribution < -0.4 is 9.80 Å². The Morgan fingerprint density at radius 2 is 0.576 bits per heavy atom. The number of rotatable bonds is 12. The summed E-state index contributed by atoms with van der Waals surface area (Å²) in [6, 6.07) is 164. The summed E-state index contributed by atoms with van der Waals surface area (Å²) in [6.45, 7) is 0. The number of hydrogen-bond donors (Lipinski definition) is 0. The highest BCUT2D eigenvalue weighted by Crippen LogP contribution is 2.62. The summed E-state index contributed by atoms with van der Waals surface area (Å²) >= 11 is 0. The van der Waals surface area contributed by atoms with Crippen molar-refractivity contribution in [3.8, 4) is 44.5 Å². The Labute approximate surface area is 683 Å². The van der Waals surface area contributed by atoms with Crippen molar-refractivity contribution in [3.63, 3.8) is 0 Å². The summed E-state index contributed by atoms with van der Waals surface area (Å²) in [5.41, 5.74) is 28.8. The van der Waals surface area contributed by atoms with E-state index in [-0.39, 0.29) is 0 Å². The molecule has 0 unspecified atom stereocenters. The summed E-state index contributed by atoms with van der Waals surface area (Å²) in [5, 5.41) is 13.9. The van der Waals surface area contributed by atoms with Crippen LogP contribution in [0.3, 0.4) is 0 Å². The van der Waals surface area contributed by atoms with Gasteiger partial charge in [0.2, 0.25) is 0 Å². The molecular formula is C114H74N2O2. The highest BCUT2D eigenvalue weighted by Gasteiger charge is 2.49. The van der Waals surface area contributed by atoms with Crippen molar-refractivity contribution in [3.05, 3.63) is 493 Å². The van der Waals surface area contributed by atoms with Gasteiger partial charge in [-0.25, -0.2) is 0 Å². The molecule has 2 heterocycles. The normalized spacial score (nSPS) is 12.9. The molecule has 4 nitrogen and oxygen atoms in total. The Bertz CT molecular complexity index is 7590. The lowest BCUT2D eigenvalue weighted by atomic mass is 9.67. The summed E-state index contributed by atoms with van der Waals surface area (Å²) in [5.74, 6) is 0. The molecule has 552 valence electrons. The van der Waals surface area contributed by atoms with Crippen LogP contribution in [0.5, 0.6) is 0 Å². The molecule has 24 rings (SSSR count). The molecule has 0 fully saturated rings. The minimum atomic E-state index is -0.526. The maximum atomic E-state index is 6.81. The van der Waals surface area contributed by atoms with Crippen LogP contribution in [-0.2, 0) is 10.8 Å². The smallest absolute Gasteiger partial charge is 0.143 e. The zero-order valence-electron chi connectivity index (χ0n) is 64.4. The quantitative estimate of drug-likeness (QED) is 0.122. The van der Waals surface area contributed by atoms with E-state index in [0.29, 0.717) is 0 Å². The Balaban J connectivity index is 0.000000138. The molecule has 0 spiro atoms. The zero-order valence-corrected chi connectivity index (χ0v) is 64.4. The van der Waals surface area contributed by atoms with Crippen LogP contribution in [-0.4, -0.2) is 0 Å². The van der Waals surface area contributed by atoms with Gasteiger partial charge >= 0.3 is 0 Å². The van der Waals surface area contributed by atoms with E-state index in [4.69, 9.17) is 8.83 Å². The first-order chi connectivity index (χ1) is 58.5. The molecule has 2 aliphatic carbocycles. The number of benzene rings is 20. The standard InChI is InChI=1S/2C57H37NO/c1-3-18-41(19-4-1)57(42-20-5-2-6-21-42)51-26-12-11-24-48(51)49-36-34-44(37-52(49)57)58(43-32-29-40(30-33-43)46-25-13-17-38-15-7-9-22-45(38)46)53-27-14-28-54-55(53)50-35-31-39-16-8-10-23-47(39)56(50)59-54;1-3-18-43(19-4-1)57(44-20-5-2-6-21-44)49-24-12-11-23-47(49)54-50(57)25-13-26-51(54)58(45-34-31-39(32-35-45)42-30-29-38-15-7-8-17-41(38)37-42)52-27-14-28-53-55(52)48-36-33-40-16-9-10-22-46(40)56(48)59-53/h2*1-37H. The van der Waals surface area contributed by atoms with Crippen molar-refractivity contribution >= 4 is 121 Å². The first-order valence-corrected chi connectivity index (χ1v) is 40.7. The van der Waals surface area contributed by atoms with Crippen LogP contribution in [0.1, 0.15) is 44.5 Å². The first kappa shape index (κ1) is 68.3. The molecule has 118 heavy (non-hydrogen) atoms. The third kappa shape index (κ3) is 10.6. The molecule has 4 heteroatoms. The van der Waals surface area contributed by atoms with E-state index < -0.39 is 10.8 Å². The average molecular weight is 1500 g/mol. The fraction of sp³-hybridized carbons (Fsp3) is 0.0175. The van der Waals surface area contributed by atoms with Crippen molar-refractivity contribution in [2.24, 2.45) is 0 Å². The van der Waals surface area contributed by atoms with Crippen molar-refractivity contribution in [1.82, 2.24) is 0 Å². The second-order valence-electron chi connectivity index (χ2n) is 31.2. The third-order valence-electron chi connectivity index (χ3n) is 25.0. The highest BCUT2D eigenvalue weighted by atomic mass is 16.3. The Morgan fingerprint density at radius 3 is 1.16 bits per heavy atom. The molecule has 0 amide bonds. The van der Waals surface area contributed by atoms with Gasteiger partial charge in [0, 0.05) is 44.2 Å². The molecule has 0 N–H and O–H groups in total. The number of nitrogens with zero attached hydrogens (tertiary/aromatic N) is 2. The number of hydrogen-bond acceptors (Lipinski definition) is 4. The second-order valence-corrected chi connectivity index (χ2v) is 31.2. The van der Waals surface area contributed by atoms with E-state index in [1.54, 1.807) is 0 Å². The summed E-state index contributed by atoms with van der Waals surface area (Å²) in [7, 11) is 0. The molecule has 0 saturated carbocycles. The van der Waals surface area contributed by atoms with Gasteiger partial charge in [-0.15, -0.1) is 0 Å². The van der Waals surface area contributed by atoms with Crippen LogP contribution in [0.25, 0.3) is 131 Å². The molecule has 0 saturated heterocycles. The van der Waals surface area contributed by atoms with Gasteiger partial charge in [-0.05, 0) is 201 Å². The van der Waals surface area contributed by atoms with Gasteiger partial charge in [0.1, 0.15) is 22.3 Å². The van der Waals surface area contributed by atoms with Crippen LogP contribution in [0.15, 0.2) is 458 Å². The van der Waals surface area contributed by atoms with Gasteiger partial charge < -0.3 is 18.6 Å². The molecule has 0 radical (unpaired) electrons. The summed E-state index contributed by atoms with van der Waals surface area (Å²) in [4.78, 5) is 4.90. The lowest BCUT2D eigenvalue weighted by Gasteiger charge is -2.35. The highest BCUT2D eigenvalue weighted by molar-refractivity contribution is 6.22. The molecular weight excluding hydrogens is 1430 g/mol. The fourth-order valence-corrected chi connectivity index (χ4v) is 19.9. The van der Waals surface area contributed by atoms with Gasteiger partial charge in [-0.3, -0.25) is 0 Å². The van der Waals surface area contributed by atoms with E-state index in [2.05, 4.69) is 459 Å². The Kier molecular flexibility index (Phi) is 16.0. The van der Waals surface area contributed by atoms with Gasteiger partial charge in [-0.2, -0.15) is 0 Å². The maximum absolute atomic E-state index is 6.81. The van der Waals surface area contributed by atoms with Crippen molar-refractivity contribution in [1.29, 1.82) is 0 Å². The van der Waals surface area contributed by atoms with E-state index in [0.717, 1.165) is 99.5 Å². The summed E-state index contributed by atoms with van der Waals surface area (Å²) in [6.07, 6.45) is 0. The zero-order chi connectivity index (χ0) is 77.8. The molecule has 20 aromatic carbocycles. The SMILES string of the molecule is c1ccc(C2(c3ccccc3)c3ccccc3-c3c(N(c4ccc(-c5ccc6ccccc6c5)cc4)c4cccc5oc6c7ccccc7ccc6c45)cccc32)cc1.c1ccc(C2(c3ccccc3)c3ccccc3-c3ccc(N(c4ccc(-c5cccc6ccccc56)cc4)c4cccc5oc6c7ccccc7ccc6c45)cc32)cc1. The molecule has 0 bridgehead atoms. The number of fused-ring (bicyclic) bond motifs is 18. The van der Waals surface area contributed by atoms with Gasteiger partial charge in [-0.1, -0.05) is 364 Å². The van der Waals surface area contributed by atoms with Crippen molar-refractivity contribution in [2.45, 2.75) is 10.8 Å². The summed E-state index contributed by atoms with van der Waals surface area (Å²) < 4.78 is 13.6. The lowest BCUT2D eigenvalue weighted by Crippen LogP contribution is -2.28. The lowest BCUT2D eigenvalue weighted by molar-refractivity contribution is 0.672. The minimum absolute atomic E-state index is 0.524. The van der Waals surface area contributed by atoms with Crippen LogP contribution in [0.4, 0.5) is 34.1 Å². The van der Waals surface area contributed by atoms with E-state index in [1.807, 2.05) is 0 Å². The average Bonchev–Trinajstić information content (AvgIpc) is 1.53. The van der Waals surface area contributed by atoms with Crippen LogP contribution in [0, 0.1) is 0 Å². The van der Waals surface area contributed by atoms with Gasteiger partial charge in [0.25, 0.3) is 0 Å². The molecule has 0 atom stereocenters. The van der Waals surface area contributed by atoms with Gasteiger partial charge in [0.05, 0.1) is 38.7 Å². The first-order valence-electron chi connectivity index (χ1n) is 40.7. The largest absolute Gasteiger partial charge is 0.455 e. The minimum Gasteiger partial charge on any atom is -0.455 e. The monoisotopic (exact) mass is 1500 g/mol. The van der Waals surface area contributed by atoms with Crippen LogP contribution in [0.2, 0.25) is 0 Å². The second kappa shape index (κ2) is 27.7. The van der Waals surface area contributed by atoms with Crippen LogP contribution >= 0.6 is 0 Å². The Hall–Kier alpha value is -15.4. The fourth-order valence-electron chi connectivity index (χ4n) is 19.9. The van der Waals surface area contributed by atoms with Crippen molar-refractivity contribution in [2.75, 3.05) is 9.80 Å².